The van der Waals surface area contributed by atoms with E-state index in [2.05, 4.69) is 36.5 Å². The van der Waals surface area contributed by atoms with Gasteiger partial charge in [-0.2, -0.15) is 0 Å². The average molecular weight is 383 g/mol. The molecule has 2 aliphatic rings. The first-order valence-electron chi connectivity index (χ1n) is 10.0. The zero-order valence-electron chi connectivity index (χ0n) is 16.4. The van der Waals surface area contributed by atoms with Crippen LogP contribution < -0.4 is 24.6 Å². The maximum absolute atomic E-state index is 12.3. The molecular weight excluding hydrogens is 354 g/mol. The molecule has 148 valence electrons. The normalized spacial score (nSPS) is 20.8. The standard InChI is InChI=1S/C22H27N3O3/c1-17-4-2-3-5-19(17)14-24-8-10-25(11-9-24)15-22(26)23-13-18-6-7-20-21(12-18)28-16-27-20/h2-7,12H,8-11,13-16H2,1H3,(H,23,26)/p+2. The van der Waals surface area contributed by atoms with Gasteiger partial charge in [-0.15, -0.1) is 0 Å². The number of carbonyl (C=O) groups excluding carboxylic acids is 1. The smallest absolute Gasteiger partial charge is 0.275 e. The Balaban J connectivity index is 1.19. The Morgan fingerprint density at radius 1 is 1.00 bits per heavy atom. The molecule has 2 aromatic rings. The summed E-state index contributed by atoms with van der Waals surface area (Å²) in [7, 11) is 0. The van der Waals surface area contributed by atoms with Crippen molar-refractivity contribution in [1.82, 2.24) is 5.32 Å². The number of benzene rings is 2. The second kappa shape index (κ2) is 8.63. The molecule has 1 amide bonds. The molecule has 1 saturated heterocycles. The zero-order chi connectivity index (χ0) is 19.3. The molecule has 0 bridgehead atoms. The van der Waals surface area contributed by atoms with Gasteiger partial charge in [0.1, 0.15) is 32.7 Å². The fourth-order valence-corrected chi connectivity index (χ4v) is 3.93. The number of ether oxygens (including phenoxy) is 2. The lowest BCUT2D eigenvalue weighted by molar-refractivity contribution is -1.02. The first kappa shape index (κ1) is 18.8. The number of carbonyl (C=O) groups is 1. The van der Waals surface area contributed by atoms with Crippen LogP contribution >= 0.6 is 0 Å². The highest BCUT2D eigenvalue weighted by atomic mass is 16.7. The number of quaternary nitrogens is 2. The van der Waals surface area contributed by atoms with Gasteiger partial charge in [-0.25, -0.2) is 0 Å². The molecule has 2 heterocycles. The van der Waals surface area contributed by atoms with Crippen molar-refractivity contribution >= 4 is 5.91 Å². The lowest BCUT2D eigenvalue weighted by Gasteiger charge is -2.29. The summed E-state index contributed by atoms with van der Waals surface area (Å²) in [6, 6.07) is 14.4. The van der Waals surface area contributed by atoms with Crippen LogP contribution in [0.15, 0.2) is 42.5 Å². The summed E-state index contributed by atoms with van der Waals surface area (Å²) in [6.07, 6.45) is 0. The van der Waals surface area contributed by atoms with Crippen LogP contribution in [0.3, 0.4) is 0 Å². The van der Waals surface area contributed by atoms with Gasteiger partial charge in [0.15, 0.2) is 18.0 Å². The van der Waals surface area contributed by atoms with Crippen molar-refractivity contribution in [2.24, 2.45) is 0 Å². The number of rotatable bonds is 6. The monoisotopic (exact) mass is 383 g/mol. The summed E-state index contributed by atoms with van der Waals surface area (Å²) in [5.74, 6) is 1.63. The van der Waals surface area contributed by atoms with E-state index >= 15 is 0 Å². The Morgan fingerprint density at radius 3 is 2.57 bits per heavy atom. The average Bonchev–Trinajstić information content (AvgIpc) is 3.17. The van der Waals surface area contributed by atoms with Crippen molar-refractivity contribution in [3.63, 3.8) is 0 Å². The quantitative estimate of drug-likeness (QED) is 0.620. The van der Waals surface area contributed by atoms with E-state index in [0.29, 0.717) is 13.1 Å². The van der Waals surface area contributed by atoms with E-state index in [1.54, 1.807) is 4.90 Å². The summed E-state index contributed by atoms with van der Waals surface area (Å²) in [5.41, 5.74) is 3.83. The number of hydrogen-bond acceptors (Lipinski definition) is 3. The summed E-state index contributed by atoms with van der Waals surface area (Å²) < 4.78 is 10.7. The predicted molar refractivity (Wildman–Crippen MR) is 106 cm³/mol. The van der Waals surface area contributed by atoms with Crippen molar-refractivity contribution in [1.29, 1.82) is 0 Å². The minimum Gasteiger partial charge on any atom is -0.454 e. The van der Waals surface area contributed by atoms with Gasteiger partial charge in [-0.1, -0.05) is 30.3 Å². The molecule has 4 rings (SSSR count). The second-order valence-electron chi connectivity index (χ2n) is 7.74. The Bertz CT molecular complexity index is 832. The van der Waals surface area contributed by atoms with E-state index in [1.165, 1.54) is 16.0 Å². The number of hydrogen-bond donors (Lipinski definition) is 3. The Morgan fingerprint density at radius 2 is 1.75 bits per heavy atom. The van der Waals surface area contributed by atoms with E-state index in [0.717, 1.165) is 49.8 Å². The molecule has 3 N–H and O–H groups in total. The first-order valence-corrected chi connectivity index (χ1v) is 10.0. The summed E-state index contributed by atoms with van der Waals surface area (Å²) in [6.45, 7) is 8.90. The van der Waals surface area contributed by atoms with Crippen LogP contribution in [-0.4, -0.2) is 45.4 Å². The van der Waals surface area contributed by atoms with E-state index < -0.39 is 0 Å². The maximum Gasteiger partial charge on any atom is 0.275 e. The van der Waals surface area contributed by atoms with Gasteiger partial charge in [0.2, 0.25) is 6.79 Å². The molecule has 0 atom stereocenters. The third-order valence-corrected chi connectivity index (χ3v) is 5.70. The zero-order valence-corrected chi connectivity index (χ0v) is 16.4. The van der Waals surface area contributed by atoms with Crippen LogP contribution in [0, 0.1) is 6.92 Å². The van der Waals surface area contributed by atoms with Crippen LogP contribution in [0.25, 0.3) is 0 Å². The number of amides is 1. The van der Waals surface area contributed by atoms with E-state index in [1.807, 2.05) is 18.2 Å². The maximum atomic E-state index is 12.3. The summed E-state index contributed by atoms with van der Waals surface area (Å²) in [4.78, 5) is 15.3. The second-order valence-corrected chi connectivity index (χ2v) is 7.74. The highest BCUT2D eigenvalue weighted by molar-refractivity contribution is 5.76. The Labute approximate surface area is 166 Å². The molecule has 2 aromatic carbocycles. The van der Waals surface area contributed by atoms with E-state index in [9.17, 15) is 4.79 Å². The first-order chi connectivity index (χ1) is 13.7. The minimum atomic E-state index is 0.107. The Hall–Kier alpha value is -2.57. The minimum absolute atomic E-state index is 0.107. The molecule has 0 radical (unpaired) electrons. The third-order valence-electron chi connectivity index (χ3n) is 5.70. The molecule has 2 aliphatic heterocycles. The fraction of sp³-hybridized carbons (Fsp3) is 0.409. The molecule has 28 heavy (non-hydrogen) atoms. The topological polar surface area (TPSA) is 56.4 Å². The van der Waals surface area contributed by atoms with Crippen LogP contribution in [0.5, 0.6) is 11.5 Å². The molecule has 6 nitrogen and oxygen atoms in total. The third kappa shape index (κ3) is 4.64. The largest absolute Gasteiger partial charge is 0.454 e. The highest BCUT2D eigenvalue weighted by Gasteiger charge is 2.25. The van der Waals surface area contributed by atoms with Gasteiger partial charge in [0, 0.05) is 12.1 Å². The van der Waals surface area contributed by atoms with Gasteiger partial charge in [-0.05, 0) is 30.2 Å². The van der Waals surface area contributed by atoms with E-state index in [-0.39, 0.29) is 12.7 Å². The summed E-state index contributed by atoms with van der Waals surface area (Å²) in [5, 5.41) is 3.03. The van der Waals surface area contributed by atoms with Crippen LogP contribution in [0.2, 0.25) is 0 Å². The Kier molecular flexibility index (Phi) is 5.78. The molecule has 6 heteroatoms. The molecule has 0 aromatic heterocycles. The molecule has 0 unspecified atom stereocenters. The van der Waals surface area contributed by atoms with Crippen LogP contribution in [-0.2, 0) is 17.9 Å². The number of nitrogens with one attached hydrogen (secondary N) is 3. The van der Waals surface area contributed by atoms with Gasteiger partial charge in [0.25, 0.3) is 5.91 Å². The van der Waals surface area contributed by atoms with Crippen molar-refractivity contribution < 1.29 is 24.1 Å². The van der Waals surface area contributed by atoms with Crippen molar-refractivity contribution in [2.75, 3.05) is 39.5 Å². The molecular formula is C22H29N3O3+2. The molecule has 0 spiro atoms. The van der Waals surface area contributed by atoms with Gasteiger partial charge in [0.05, 0.1) is 0 Å². The summed E-state index contributed by atoms with van der Waals surface area (Å²) >= 11 is 0. The van der Waals surface area contributed by atoms with Crippen LogP contribution in [0.4, 0.5) is 0 Å². The number of fused-ring (bicyclic) bond motifs is 1. The lowest BCUT2D eigenvalue weighted by Crippen LogP contribution is -3.28. The van der Waals surface area contributed by atoms with Crippen molar-refractivity contribution in [3.8, 4) is 11.5 Å². The number of piperazine rings is 1. The lowest BCUT2D eigenvalue weighted by atomic mass is 10.1. The van der Waals surface area contributed by atoms with Gasteiger partial charge in [-0.3, -0.25) is 4.79 Å². The molecule has 0 saturated carbocycles. The SMILES string of the molecule is Cc1ccccc1C[NH+]1CC[NH+](CC(=O)NCc2ccc3c(c2)OCO3)CC1. The predicted octanol–water partition coefficient (Wildman–Crippen LogP) is -0.676. The van der Waals surface area contributed by atoms with Crippen molar-refractivity contribution in [3.05, 3.63) is 59.2 Å². The molecule has 1 fully saturated rings. The van der Waals surface area contributed by atoms with Crippen LogP contribution in [0.1, 0.15) is 16.7 Å². The van der Waals surface area contributed by atoms with Gasteiger partial charge < -0.3 is 24.6 Å². The van der Waals surface area contributed by atoms with E-state index in [4.69, 9.17) is 9.47 Å². The van der Waals surface area contributed by atoms with Gasteiger partial charge >= 0.3 is 0 Å². The van der Waals surface area contributed by atoms with Crippen molar-refractivity contribution in [2.45, 2.75) is 20.0 Å². The highest BCUT2D eigenvalue weighted by Crippen LogP contribution is 2.32. The molecule has 0 aliphatic carbocycles. The fourth-order valence-electron chi connectivity index (χ4n) is 3.93. The number of aryl methyl sites for hydroxylation is 1.